The van der Waals surface area contributed by atoms with Gasteiger partial charge in [0.15, 0.2) is 0 Å². The zero-order valence-electron chi connectivity index (χ0n) is 8.01. The number of primary amides is 1. The topological polar surface area (TPSA) is 55.1 Å². The normalized spacial score (nSPS) is 28.0. The zero-order chi connectivity index (χ0) is 9.31. The maximum absolute atomic E-state index is 11.4. The molecule has 3 nitrogen and oxygen atoms in total. The van der Waals surface area contributed by atoms with Crippen molar-refractivity contribution in [1.82, 2.24) is 5.32 Å². The van der Waals surface area contributed by atoms with Crippen LogP contribution in [0.15, 0.2) is 0 Å². The maximum Gasteiger partial charge on any atom is 0.223 e. The minimum absolute atomic E-state index is 0.0503. The van der Waals surface area contributed by atoms with Gasteiger partial charge in [-0.25, -0.2) is 0 Å². The van der Waals surface area contributed by atoms with Crippen molar-refractivity contribution in [2.24, 2.45) is 17.1 Å². The number of piperidine rings is 1. The SMILES string of the molecule is NC(=O)C1(C2CCNCC2)CCC1. The number of carbonyl (C=O) groups is 1. The smallest absolute Gasteiger partial charge is 0.223 e. The molecule has 1 amide bonds. The van der Waals surface area contributed by atoms with E-state index in [1.54, 1.807) is 0 Å². The van der Waals surface area contributed by atoms with Gasteiger partial charge in [0.1, 0.15) is 0 Å². The van der Waals surface area contributed by atoms with Gasteiger partial charge in [0.05, 0.1) is 5.41 Å². The molecule has 0 aromatic carbocycles. The summed E-state index contributed by atoms with van der Waals surface area (Å²) in [6, 6.07) is 0. The number of rotatable bonds is 2. The van der Waals surface area contributed by atoms with Gasteiger partial charge in [-0.05, 0) is 44.7 Å². The fraction of sp³-hybridized carbons (Fsp3) is 0.900. The highest BCUT2D eigenvalue weighted by atomic mass is 16.1. The van der Waals surface area contributed by atoms with Gasteiger partial charge in [0, 0.05) is 0 Å². The standard InChI is InChI=1S/C10H18N2O/c11-9(13)10(4-1-5-10)8-2-6-12-7-3-8/h8,12H,1-7H2,(H2,11,13). The van der Waals surface area contributed by atoms with Gasteiger partial charge < -0.3 is 11.1 Å². The summed E-state index contributed by atoms with van der Waals surface area (Å²) in [5, 5.41) is 3.32. The Hall–Kier alpha value is -0.570. The molecule has 0 unspecified atom stereocenters. The van der Waals surface area contributed by atoms with Crippen LogP contribution in [-0.2, 0) is 4.79 Å². The van der Waals surface area contributed by atoms with Crippen LogP contribution in [0.2, 0.25) is 0 Å². The first-order valence-corrected chi connectivity index (χ1v) is 5.26. The van der Waals surface area contributed by atoms with Crippen LogP contribution in [0.4, 0.5) is 0 Å². The van der Waals surface area contributed by atoms with E-state index in [0.29, 0.717) is 5.92 Å². The van der Waals surface area contributed by atoms with E-state index in [4.69, 9.17) is 5.73 Å². The highest BCUT2D eigenvalue weighted by molar-refractivity contribution is 5.82. The molecule has 1 saturated heterocycles. The van der Waals surface area contributed by atoms with Crippen LogP contribution in [0, 0.1) is 11.3 Å². The predicted molar refractivity (Wildman–Crippen MR) is 51.1 cm³/mol. The third-order valence-corrected chi connectivity index (χ3v) is 3.86. The van der Waals surface area contributed by atoms with E-state index in [1.165, 1.54) is 6.42 Å². The van der Waals surface area contributed by atoms with Crippen LogP contribution in [0.25, 0.3) is 0 Å². The maximum atomic E-state index is 11.4. The first-order chi connectivity index (χ1) is 6.26. The molecule has 1 saturated carbocycles. The van der Waals surface area contributed by atoms with Crippen molar-refractivity contribution < 1.29 is 4.79 Å². The van der Waals surface area contributed by atoms with Crippen LogP contribution in [-0.4, -0.2) is 19.0 Å². The molecule has 13 heavy (non-hydrogen) atoms. The number of hydrogen-bond acceptors (Lipinski definition) is 2. The molecule has 3 heteroatoms. The highest BCUT2D eigenvalue weighted by Crippen LogP contribution is 2.49. The quantitative estimate of drug-likeness (QED) is 0.658. The van der Waals surface area contributed by atoms with Crippen molar-refractivity contribution in [2.45, 2.75) is 32.1 Å². The van der Waals surface area contributed by atoms with E-state index in [2.05, 4.69) is 5.32 Å². The van der Waals surface area contributed by atoms with Crippen LogP contribution < -0.4 is 11.1 Å². The molecule has 74 valence electrons. The molecule has 0 aromatic heterocycles. The summed E-state index contributed by atoms with van der Waals surface area (Å²) in [5.74, 6) is 0.505. The molecule has 2 rings (SSSR count). The summed E-state index contributed by atoms with van der Waals surface area (Å²) in [6.45, 7) is 2.11. The highest BCUT2D eigenvalue weighted by Gasteiger charge is 2.48. The van der Waals surface area contributed by atoms with Crippen molar-refractivity contribution in [3.63, 3.8) is 0 Å². The summed E-state index contributed by atoms with van der Waals surface area (Å²) in [6.07, 6.45) is 5.51. The lowest BCUT2D eigenvalue weighted by atomic mass is 9.58. The predicted octanol–water partition coefficient (Wildman–Crippen LogP) is 0.642. The molecule has 1 aliphatic heterocycles. The lowest BCUT2D eigenvalue weighted by molar-refractivity contribution is -0.138. The Balaban J connectivity index is 2.06. The van der Waals surface area contributed by atoms with E-state index in [0.717, 1.165) is 38.8 Å². The third kappa shape index (κ3) is 1.35. The van der Waals surface area contributed by atoms with Crippen molar-refractivity contribution in [3.05, 3.63) is 0 Å². The van der Waals surface area contributed by atoms with Crippen LogP contribution in [0.1, 0.15) is 32.1 Å². The van der Waals surface area contributed by atoms with Gasteiger partial charge in [0.2, 0.25) is 5.91 Å². The lowest BCUT2D eigenvalue weighted by Gasteiger charge is -2.46. The summed E-state index contributed by atoms with van der Waals surface area (Å²) in [4.78, 5) is 11.4. The number of amides is 1. The zero-order valence-corrected chi connectivity index (χ0v) is 8.01. The van der Waals surface area contributed by atoms with Crippen molar-refractivity contribution in [3.8, 4) is 0 Å². The molecule has 2 fully saturated rings. The average molecular weight is 182 g/mol. The molecule has 1 aliphatic carbocycles. The molecule has 0 bridgehead atoms. The van der Waals surface area contributed by atoms with Crippen LogP contribution in [0.5, 0.6) is 0 Å². The molecule has 0 radical (unpaired) electrons. The second-order valence-corrected chi connectivity index (χ2v) is 4.40. The van der Waals surface area contributed by atoms with E-state index in [9.17, 15) is 4.79 Å². The monoisotopic (exact) mass is 182 g/mol. The lowest BCUT2D eigenvalue weighted by Crippen LogP contribution is -2.51. The molecule has 0 atom stereocenters. The first kappa shape index (κ1) is 9.00. The molecular formula is C10H18N2O. The third-order valence-electron chi connectivity index (χ3n) is 3.86. The molecule has 2 aliphatic rings. The first-order valence-electron chi connectivity index (χ1n) is 5.26. The molecule has 0 aromatic rings. The largest absolute Gasteiger partial charge is 0.369 e. The fourth-order valence-electron chi connectivity index (χ4n) is 2.79. The number of nitrogens with two attached hydrogens (primary N) is 1. The van der Waals surface area contributed by atoms with Gasteiger partial charge in [-0.2, -0.15) is 0 Å². The number of nitrogens with one attached hydrogen (secondary N) is 1. The Bertz CT molecular complexity index is 205. The Labute approximate surface area is 79.1 Å². The Morgan fingerprint density at radius 3 is 2.31 bits per heavy atom. The van der Waals surface area contributed by atoms with Gasteiger partial charge in [-0.1, -0.05) is 6.42 Å². The Morgan fingerprint density at radius 2 is 1.92 bits per heavy atom. The molecule has 3 N–H and O–H groups in total. The molecular weight excluding hydrogens is 164 g/mol. The second kappa shape index (κ2) is 3.29. The Morgan fingerprint density at radius 1 is 1.31 bits per heavy atom. The van der Waals surface area contributed by atoms with E-state index < -0.39 is 0 Å². The minimum atomic E-state index is -0.109. The fourth-order valence-corrected chi connectivity index (χ4v) is 2.79. The summed E-state index contributed by atoms with van der Waals surface area (Å²) in [7, 11) is 0. The van der Waals surface area contributed by atoms with Crippen molar-refractivity contribution in [2.75, 3.05) is 13.1 Å². The summed E-state index contributed by atoms with van der Waals surface area (Å²) < 4.78 is 0. The van der Waals surface area contributed by atoms with E-state index >= 15 is 0 Å². The van der Waals surface area contributed by atoms with Crippen molar-refractivity contribution >= 4 is 5.91 Å². The average Bonchev–Trinajstić information content (AvgIpc) is 2.03. The minimum Gasteiger partial charge on any atom is -0.369 e. The number of carbonyl (C=O) groups excluding carboxylic acids is 1. The van der Waals surface area contributed by atoms with Crippen LogP contribution >= 0.6 is 0 Å². The van der Waals surface area contributed by atoms with E-state index in [-0.39, 0.29) is 11.3 Å². The van der Waals surface area contributed by atoms with Gasteiger partial charge in [0.25, 0.3) is 0 Å². The molecule has 0 spiro atoms. The van der Waals surface area contributed by atoms with E-state index in [1.807, 2.05) is 0 Å². The van der Waals surface area contributed by atoms with Gasteiger partial charge in [-0.3, -0.25) is 4.79 Å². The van der Waals surface area contributed by atoms with Crippen LogP contribution in [0.3, 0.4) is 0 Å². The molecule has 1 heterocycles. The van der Waals surface area contributed by atoms with Gasteiger partial charge >= 0.3 is 0 Å². The second-order valence-electron chi connectivity index (χ2n) is 4.40. The summed E-state index contributed by atoms with van der Waals surface area (Å²) >= 11 is 0. The Kier molecular flexibility index (Phi) is 2.28. The summed E-state index contributed by atoms with van der Waals surface area (Å²) in [5.41, 5.74) is 5.40. The van der Waals surface area contributed by atoms with Gasteiger partial charge in [-0.15, -0.1) is 0 Å². The van der Waals surface area contributed by atoms with Crippen molar-refractivity contribution in [1.29, 1.82) is 0 Å². The number of hydrogen-bond donors (Lipinski definition) is 2.